The van der Waals surface area contributed by atoms with Crippen LogP contribution in [0.5, 0.6) is 0 Å². The molecule has 10 heavy (non-hydrogen) atoms. The van der Waals surface area contributed by atoms with Crippen molar-refractivity contribution in [2.24, 2.45) is 0 Å². The van der Waals surface area contributed by atoms with Crippen molar-refractivity contribution in [2.45, 2.75) is 0 Å². The number of anilines is 1. The molecular formula is C8H15NSi. The summed E-state index contributed by atoms with van der Waals surface area (Å²) in [6, 6.07) is 10.3. The average molecular weight is 153 g/mol. The number of rotatable bonds is 1. The molecule has 0 heterocycles. The maximum absolute atomic E-state index is 2.08. The van der Waals surface area contributed by atoms with Crippen molar-refractivity contribution in [1.82, 2.24) is 0 Å². The average Bonchev–Trinajstić information content (AvgIpc) is 1.90. The van der Waals surface area contributed by atoms with Crippen LogP contribution in [0.3, 0.4) is 0 Å². The van der Waals surface area contributed by atoms with Gasteiger partial charge in [-0.15, -0.1) is 0 Å². The zero-order chi connectivity index (χ0) is 6.69. The van der Waals surface area contributed by atoms with Crippen LogP contribution in [0.15, 0.2) is 30.3 Å². The second-order valence-electron chi connectivity index (χ2n) is 2.23. The van der Waals surface area contributed by atoms with Crippen LogP contribution in [-0.4, -0.2) is 25.1 Å². The van der Waals surface area contributed by atoms with Gasteiger partial charge in [0.25, 0.3) is 0 Å². The molecule has 0 fully saturated rings. The van der Waals surface area contributed by atoms with E-state index in [1.165, 1.54) is 5.69 Å². The molecule has 2 heteroatoms. The van der Waals surface area contributed by atoms with Crippen LogP contribution in [0, 0.1) is 0 Å². The molecule has 0 aliphatic heterocycles. The second-order valence-corrected chi connectivity index (χ2v) is 2.23. The summed E-state index contributed by atoms with van der Waals surface area (Å²) in [6.45, 7) is 0. The van der Waals surface area contributed by atoms with Crippen LogP contribution in [0.4, 0.5) is 5.69 Å². The van der Waals surface area contributed by atoms with Crippen LogP contribution in [0.25, 0.3) is 0 Å². The Morgan fingerprint density at radius 3 is 1.80 bits per heavy atom. The minimum absolute atomic E-state index is 0. The minimum atomic E-state index is 0. The van der Waals surface area contributed by atoms with Crippen molar-refractivity contribution >= 4 is 16.7 Å². The Hall–Kier alpha value is -0.763. The van der Waals surface area contributed by atoms with Crippen LogP contribution < -0.4 is 4.90 Å². The molecule has 1 aromatic rings. The highest BCUT2D eigenvalue weighted by Gasteiger charge is 1.87. The summed E-state index contributed by atoms with van der Waals surface area (Å²) in [7, 11) is 4.07. The van der Waals surface area contributed by atoms with Gasteiger partial charge < -0.3 is 4.90 Å². The number of nitrogens with zero attached hydrogens (tertiary/aromatic N) is 1. The monoisotopic (exact) mass is 153 g/mol. The fourth-order valence-electron chi connectivity index (χ4n) is 0.726. The Balaban J connectivity index is 0.000000810. The van der Waals surface area contributed by atoms with Gasteiger partial charge in [-0.2, -0.15) is 0 Å². The van der Waals surface area contributed by atoms with Gasteiger partial charge in [0, 0.05) is 19.8 Å². The first-order valence-electron chi connectivity index (χ1n) is 3.03. The molecule has 1 nitrogen and oxygen atoms in total. The molecule has 0 radical (unpaired) electrons. The zero-order valence-corrected chi connectivity index (χ0v) is 5.83. The third-order valence-electron chi connectivity index (χ3n) is 1.27. The fourth-order valence-corrected chi connectivity index (χ4v) is 0.726. The quantitative estimate of drug-likeness (QED) is 0.525. The summed E-state index contributed by atoms with van der Waals surface area (Å²) in [4.78, 5) is 2.08. The topological polar surface area (TPSA) is 3.24 Å². The lowest BCUT2D eigenvalue weighted by atomic mass is 10.3. The number of para-hydroxylation sites is 1. The highest BCUT2D eigenvalue weighted by Crippen LogP contribution is 2.07. The van der Waals surface area contributed by atoms with E-state index in [1.807, 2.05) is 32.3 Å². The van der Waals surface area contributed by atoms with Crippen molar-refractivity contribution in [3.8, 4) is 0 Å². The SMILES string of the molecule is CN(C)c1ccccc1.[SiH4]. The Morgan fingerprint density at radius 1 is 1.00 bits per heavy atom. The first-order valence-corrected chi connectivity index (χ1v) is 3.03. The van der Waals surface area contributed by atoms with Crippen LogP contribution in [0.2, 0.25) is 0 Å². The smallest absolute Gasteiger partial charge is 0.0360 e. The van der Waals surface area contributed by atoms with Gasteiger partial charge in [-0.3, -0.25) is 0 Å². The van der Waals surface area contributed by atoms with E-state index in [9.17, 15) is 0 Å². The first kappa shape index (κ1) is 9.24. The van der Waals surface area contributed by atoms with E-state index in [4.69, 9.17) is 0 Å². The third-order valence-corrected chi connectivity index (χ3v) is 1.27. The van der Waals surface area contributed by atoms with Gasteiger partial charge in [-0.25, -0.2) is 0 Å². The summed E-state index contributed by atoms with van der Waals surface area (Å²) < 4.78 is 0. The van der Waals surface area contributed by atoms with E-state index in [-0.39, 0.29) is 11.0 Å². The van der Waals surface area contributed by atoms with E-state index in [0.717, 1.165) is 0 Å². The van der Waals surface area contributed by atoms with Gasteiger partial charge in [-0.05, 0) is 23.1 Å². The Labute approximate surface area is 66.7 Å². The number of hydrogen-bond acceptors (Lipinski definition) is 1. The summed E-state index contributed by atoms with van der Waals surface area (Å²) >= 11 is 0. The van der Waals surface area contributed by atoms with Gasteiger partial charge in [-0.1, -0.05) is 18.2 Å². The second kappa shape index (κ2) is 4.12. The maximum Gasteiger partial charge on any atom is 0.0360 e. The molecule has 0 amide bonds. The largest absolute Gasteiger partial charge is 0.378 e. The summed E-state index contributed by atoms with van der Waals surface area (Å²) in [5.74, 6) is 0. The van der Waals surface area contributed by atoms with E-state index < -0.39 is 0 Å². The van der Waals surface area contributed by atoms with Crippen molar-refractivity contribution in [2.75, 3.05) is 19.0 Å². The van der Waals surface area contributed by atoms with Crippen molar-refractivity contribution < 1.29 is 0 Å². The van der Waals surface area contributed by atoms with Crippen molar-refractivity contribution in [3.63, 3.8) is 0 Å². The zero-order valence-electron chi connectivity index (χ0n) is 5.83. The van der Waals surface area contributed by atoms with E-state index >= 15 is 0 Å². The van der Waals surface area contributed by atoms with E-state index in [0.29, 0.717) is 0 Å². The first-order chi connectivity index (χ1) is 4.30. The lowest BCUT2D eigenvalue weighted by Gasteiger charge is -2.10. The number of hydrogen-bond donors (Lipinski definition) is 0. The van der Waals surface area contributed by atoms with Gasteiger partial charge in [0.05, 0.1) is 0 Å². The summed E-state index contributed by atoms with van der Waals surface area (Å²) in [6.07, 6.45) is 0. The van der Waals surface area contributed by atoms with E-state index in [1.54, 1.807) is 0 Å². The van der Waals surface area contributed by atoms with Crippen LogP contribution >= 0.6 is 0 Å². The van der Waals surface area contributed by atoms with Crippen molar-refractivity contribution in [1.29, 1.82) is 0 Å². The predicted molar refractivity (Wildman–Crippen MR) is 52.1 cm³/mol. The molecule has 56 valence electrons. The Kier molecular flexibility index (Phi) is 3.80. The van der Waals surface area contributed by atoms with Crippen LogP contribution in [-0.2, 0) is 0 Å². The third kappa shape index (κ3) is 2.23. The van der Waals surface area contributed by atoms with Gasteiger partial charge in [0.15, 0.2) is 0 Å². The molecule has 0 saturated carbocycles. The molecule has 0 unspecified atom stereocenters. The number of benzene rings is 1. The maximum atomic E-state index is 2.08. The van der Waals surface area contributed by atoms with E-state index in [2.05, 4.69) is 17.0 Å². The van der Waals surface area contributed by atoms with Gasteiger partial charge in [0.1, 0.15) is 0 Å². The molecule has 0 aliphatic rings. The normalized spacial score (nSPS) is 8.20. The standard InChI is InChI=1S/C8H11N.H4Si/c1-9(2)8-6-4-3-5-7-8;/h3-7H,1-2H3;1H4. The molecule has 0 aromatic heterocycles. The molecule has 1 aromatic carbocycles. The molecule has 1 rings (SSSR count). The van der Waals surface area contributed by atoms with Gasteiger partial charge in [0.2, 0.25) is 0 Å². The van der Waals surface area contributed by atoms with Gasteiger partial charge >= 0.3 is 0 Å². The molecule has 0 bridgehead atoms. The molecule has 0 aliphatic carbocycles. The lowest BCUT2D eigenvalue weighted by molar-refractivity contribution is 1.13. The molecule has 0 atom stereocenters. The molecular weight excluding hydrogens is 138 g/mol. The Bertz CT molecular complexity index is 172. The van der Waals surface area contributed by atoms with Crippen molar-refractivity contribution in [3.05, 3.63) is 30.3 Å². The highest BCUT2D eigenvalue weighted by atomic mass is 28.1. The highest BCUT2D eigenvalue weighted by molar-refractivity contribution is 5.75. The molecule has 0 saturated heterocycles. The van der Waals surface area contributed by atoms with Crippen LogP contribution in [0.1, 0.15) is 0 Å². The summed E-state index contributed by atoms with van der Waals surface area (Å²) in [5, 5.41) is 0. The predicted octanol–water partition coefficient (Wildman–Crippen LogP) is 0.301. The fraction of sp³-hybridized carbons (Fsp3) is 0.250. The Morgan fingerprint density at radius 2 is 1.50 bits per heavy atom. The molecule has 0 N–H and O–H groups in total. The lowest BCUT2D eigenvalue weighted by Crippen LogP contribution is -2.07. The summed E-state index contributed by atoms with van der Waals surface area (Å²) in [5.41, 5.74) is 1.25. The molecule has 0 spiro atoms. The minimum Gasteiger partial charge on any atom is -0.378 e.